The van der Waals surface area contributed by atoms with Crippen molar-refractivity contribution in [2.24, 2.45) is 0 Å². The zero-order chi connectivity index (χ0) is 22.0. The van der Waals surface area contributed by atoms with Gasteiger partial charge < -0.3 is 15.4 Å². The maximum Gasteiger partial charge on any atom is 0.414 e. The molecule has 1 aliphatic heterocycles. The number of nitrogens with one attached hydrogen (secondary N) is 2. The van der Waals surface area contributed by atoms with Gasteiger partial charge in [0.05, 0.1) is 35.1 Å². The monoisotopic (exact) mass is 437 g/mol. The van der Waals surface area contributed by atoms with Crippen molar-refractivity contribution < 1.29 is 13.9 Å². The number of ether oxygens (including phenoxy) is 1. The van der Waals surface area contributed by atoms with E-state index in [1.54, 1.807) is 19.1 Å². The lowest BCUT2D eigenvalue weighted by molar-refractivity contribution is 0.143. The first-order valence-electron chi connectivity index (χ1n) is 9.73. The molecule has 0 bridgehead atoms. The van der Waals surface area contributed by atoms with Crippen LogP contribution in [0.5, 0.6) is 0 Å². The number of halogens is 1. The summed E-state index contributed by atoms with van der Waals surface area (Å²) in [6, 6.07) is 16.8. The summed E-state index contributed by atoms with van der Waals surface area (Å²) in [4.78, 5) is 26.7. The van der Waals surface area contributed by atoms with Crippen LogP contribution in [0.2, 0.25) is 0 Å². The highest BCUT2D eigenvalue weighted by Crippen LogP contribution is 2.27. The molecule has 1 atom stereocenters. The van der Waals surface area contributed by atoms with E-state index in [2.05, 4.69) is 10.6 Å². The molecule has 1 saturated heterocycles. The fraction of sp³-hybridized carbons (Fsp3) is 0.174. The van der Waals surface area contributed by atoms with Crippen LogP contribution in [0.3, 0.4) is 0 Å². The summed E-state index contributed by atoms with van der Waals surface area (Å²) in [5, 5.41) is 7.53. The van der Waals surface area contributed by atoms with Crippen LogP contribution < -0.4 is 21.0 Å². The average Bonchev–Trinajstić information content (AvgIpc) is 3.03. The Morgan fingerprint density at radius 3 is 2.58 bits per heavy atom. The van der Waals surface area contributed by atoms with Crippen molar-refractivity contribution in [2.75, 3.05) is 23.3 Å². The predicted molar refractivity (Wildman–Crippen MR) is 124 cm³/mol. The van der Waals surface area contributed by atoms with E-state index < -0.39 is 11.9 Å². The van der Waals surface area contributed by atoms with Crippen molar-refractivity contribution in [3.05, 3.63) is 76.7 Å². The number of anilines is 3. The smallest absolute Gasteiger partial charge is 0.414 e. The fourth-order valence-electron chi connectivity index (χ4n) is 3.39. The number of hydrogen-bond donors (Lipinski definition) is 2. The number of amides is 1. The third kappa shape index (κ3) is 4.64. The van der Waals surface area contributed by atoms with E-state index >= 15 is 0 Å². The molecule has 6 nitrogen and oxygen atoms in total. The molecule has 1 amide bonds. The van der Waals surface area contributed by atoms with Gasteiger partial charge in [0.25, 0.3) is 0 Å². The molecule has 0 aromatic heterocycles. The van der Waals surface area contributed by atoms with Gasteiger partial charge in [-0.05, 0) is 48.0 Å². The number of fused-ring (bicyclic) bond motifs is 1. The number of rotatable bonds is 5. The van der Waals surface area contributed by atoms with E-state index in [4.69, 9.17) is 17.0 Å². The molecule has 31 heavy (non-hydrogen) atoms. The van der Waals surface area contributed by atoms with Crippen LogP contribution in [-0.4, -0.2) is 30.3 Å². The fourth-order valence-corrected chi connectivity index (χ4v) is 3.47. The molecule has 1 heterocycles. The number of nitrogens with zero attached hydrogens (tertiary/aromatic N) is 1. The number of cyclic esters (lactones) is 1. The Morgan fingerprint density at radius 2 is 1.84 bits per heavy atom. The molecule has 1 fully saturated rings. The SMILES string of the molecule is CC(=S)NCC1CN(c2ccc(Nc3ccc4ccccc4cc3=O)c(F)c2)C(=O)O1. The topological polar surface area (TPSA) is 70.7 Å². The predicted octanol–water partition coefficient (Wildman–Crippen LogP) is 4.34. The lowest BCUT2D eigenvalue weighted by atomic mass is 10.2. The highest BCUT2D eigenvalue weighted by atomic mass is 32.1. The van der Waals surface area contributed by atoms with Gasteiger partial charge in [0.15, 0.2) is 0 Å². The first-order chi connectivity index (χ1) is 14.9. The highest BCUT2D eigenvalue weighted by molar-refractivity contribution is 7.80. The normalized spacial score (nSPS) is 15.6. The molecule has 8 heteroatoms. The van der Waals surface area contributed by atoms with Crippen LogP contribution in [0, 0.1) is 5.82 Å². The van der Waals surface area contributed by atoms with Crippen LogP contribution in [0.4, 0.5) is 26.2 Å². The van der Waals surface area contributed by atoms with E-state index in [-0.39, 0.29) is 29.5 Å². The second-order valence-corrected chi connectivity index (χ2v) is 7.84. The molecule has 3 aromatic carbocycles. The van der Waals surface area contributed by atoms with Gasteiger partial charge in [0.1, 0.15) is 11.9 Å². The van der Waals surface area contributed by atoms with Gasteiger partial charge in [-0.2, -0.15) is 0 Å². The zero-order valence-corrected chi connectivity index (χ0v) is 17.5. The van der Waals surface area contributed by atoms with Crippen molar-refractivity contribution >= 4 is 51.1 Å². The largest absolute Gasteiger partial charge is 0.442 e. The van der Waals surface area contributed by atoms with E-state index in [0.29, 0.717) is 17.2 Å². The van der Waals surface area contributed by atoms with Crippen molar-refractivity contribution in [2.45, 2.75) is 13.0 Å². The molecule has 4 rings (SSSR count). The van der Waals surface area contributed by atoms with Crippen LogP contribution >= 0.6 is 12.2 Å². The Hall–Kier alpha value is -3.52. The summed E-state index contributed by atoms with van der Waals surface area (Å²) in [5.74, 6) is -0.586. The maximum atomic E-state index is 14.8. The Labute approximate surface area is 183 Å². The Kier molecular flexibility index (Phi) is 5.81. The molecule has 1 aliphatic rings. The molecule has 0 aliphatic carbocycles. The second kappa shape index (κ2) is 8.69. The maximum absolute atomic E-state index is 14.8. The molecule has 0 radical (unpaired) electrons. The average molecular weight is 437 g/mol. The van der Waals surface area contributed by atoms with E-state index in [1.807, 2.05) is 30.3 Å². The minimum absolute atomic E-state index is 0.137. The lowest BCUT2D eigenvalue weighted by Crippen LogP contribution is -2.32. The Bertz CT molecular complexity index is 1230. The molecule has 1 unspecified atom stereocenters. The molecule has 2 N–H and O–H groups in total. The minimum Gasteiger partial charge on any atom is -0.442 e. The van der Waals surface area contributed by atoms with Gasteiger partial charge in [-0.3, -0.25) is 9.69 Å². The van der Waals surface area contributed by atoms with Gasteiger partial charge in [-0.1, -0.05) is 42.5 Å². The summed E-state index contributed by atoms with van der Waals surface area (Å²) < 4.78 is 20.1. The van der Waals surface area contributed by atoms with Crippen LogP contribution in [0.15, 0.2) is 65.5 Å². The Morgan fingerprint density at radius 1 is 1.10 bits per heavy atom. The van der Waals surface area contributed by atoms with Crippen molar-refractivity contribution in [3.8, 4) is 0 Å². The van der Waals surface area contributed by atoms with E-state index in [9.17, 15) is 14.0 Å². The van der Waals surface area contributed by atoms with Crippen LogP contribution in [0.25, 0.3) is 10.8 Å². The number of benzene rings is 2. The summed E-state index contributed by atoms with van der Waals surface area (Å²) in [5.41, 5.74) is 0.515. The second-order valence-electron chi connectivity index (χ2n) is 7.23. The van der Waals surface area contributed by atoms with Crippen molar-refractivity contribution in [1.29, 1.82) is 0 Å². The summed E-state index contributed by atoms with van der Waals surface area (Å²) in [6.45, 7) is 2.42. The van der Waals surface area contributed by atoms with Gasteiger partial charge >= 0.3 is 6.09 Å². The van der Waals surface area contributed by atoms with Gasteiger partial charge in [-0.25, -0.2) is 9.18 Å². The number of hydrogen-bond acceptors (Lipinski definition) is 5. The third-order valence-electron chi connectivity index (χ3n) is 4.96. The standard InChI is InChI=1S/C23H20FN3O3S/c1-14(31)25-12-18-13-27(23(29)30-18)17-7-9-20(19(24)11-17)26-21-8-6-15-4-2-3-5-16(15)10-22(21)28/h2-11,18H,12-13H2,1H3,(H,25,31)(H,26,28). The number of carbonyl (C=O) groups excluding carboxylic acids is 1. The Balaban J connectivity index is 1.54. The van der Waals surface area contributed by atoms with Crippen LogP contribution in [0.1, 0.15) is 6.92 Å². The molecule has 0 spiro atoms. The van der Waals surface area contributed by atoms with Crippen molar-refractivity contribution in [3.63, 3.8) is 0 Å². The molecule has 0 saturated carbocycles. The third-order valence-corrected chi connectivity index (χ3v) is 5.11. The van der Waals surface area contributed by atoms with Gasteiger partial charge in [0.2, 0.25) is 5.43 Å². The van der Waals surface area contributed by atoms with Gasteiger partial charge in [-0.15, -0.1) is 0 Å². The molecular weight excluding hydrogens is 417 g/mol. The van der Waals surface area contributed by atoms with Gasteiger partial charge in [0, 0.05) is 0 Å². The molecule has 158 valence electrons. The lowest BCUT2D eigenvalue weighted by Gasteiger charge is -2.15. The zero-order valence-electron chi connectivity index (χ0n) is 16.7. The highest BCUT2D eigenvalue weighted by Gasteiger charge is 2.32. The summed E-state index contributed by atoms with van der Waals surface area (Å²) in [6.07, 6.45) is -0.926. The van der Waals surface area contributed by atoms with Crippen molar-refractivity contribution in [1.82, 2.24) is 5.32 Å². The van der Waals surface area contributed by atoms with Crippen LogP contribution in [-0.2, 0) is 4.74 Å². The summed E-state index contributed by atoms with van der Waals surface area (Å²) >= 11 is 4.96. The summed E-state index contributed by atoms with van der Waals surface area (Å²) in [7, 11) is 0. The quantitative estimate of drug-likeness (QED) is 0.579. The first-order valence-corrected chi connectivity index (χ1v) is 10.1. The minimum atomic E-state index is -0.586. The first kappa shape index (κ1) is 20.7. The molecule has 3 aromatic rings. The molecular formula is C23H20FN3O3S. The van der Waals surface area contributed by atoms with E-state index in [0.717, 1.165) is 10.8 Å². The number of carbonyl (C=O) groups is 1. The van der Waals surface area contributed by atoms with E-state index in [1.165, 1.54) is 23.1 Å². The number of thiocarbonyl (C=S) groups is 1.